The van der Waals surface area contributed by atoms with Crippen LogP contribution in [0.4, 0.5) is 4.39 Å². The van der Waals surface area contributed by atoms with E-state index in [4.69, 9.17) is 0 Å². The molecule has 152 valence electrons. The highest BCUT2D eigenvalue weighted by atomic mass is 32.1. The van der Waals surface area contributed by atoms with Crippen molar-refractivity contribution in [1.82, 2.24) is 5.32 Å². The van der Waals surface area contributed by atoms with E-state index in [1.54, 1.807) is 18.2 Å². The summed E-state index contributed by atoms with van der Waals surface area (Å²) in [6.07, 6.45) is 4.59. The SMILES string of the molecule is Cc1cc(C(=O)c2ccccc2F)sc1C(=O)N[C@H]1C2CC3CC1C[C@](O)(C3)C2. The first kappa shape index (κ1) is 18.9. The van der Waals surface area contributed by atoms with Crippen molar-refractivity contribution in [2.45, 2.75) is 50.7 Å². The Morgan fingerprint density at radius 1 is 1.17 bits per heavy atom. The van der Waals surface area contributed by atoms with Crippen molar-refractivity contribution in [3.05, 3.63) is 57.0 Å². The molecule has 0 radical (unpaired) electrons. The van der Waals surface area contributed by atoms with Gasteiger partial charge in [0.25, 0.3) is 5.91 Å². The van der Waals surface area contributed by atoms with E-state index in [1.807, 2.05) is 6.92 Å². The van der Waals surface area contributed by atoms with E-state index in [2.05, 4.69) is 5.32 Å². The maximum absolute atomic E-state index is 14.0. The summed E-state index contributed by atoms with van der Waals surface area (Å²) in [4.78, 5) is 26.6. The Morgan fingerprint density at radius 3 is 2.52 bits per heavy atom. The molecule has 0 spiro atoms. The van der Waals surface area contributed by atoms with Crippen molar-refractivity contribution in [2.24, 2.45) is 17.8 Å². The zero-order valence-corrected chi connectivity index (χ0v) is 17.1. The number of benzene rings is 1. The highest BCUT2D eigenvalue weighted by Crippen LogP contribution is 2.55. The van der Waals surface area contributed by atoms with Gasteiger partial charge < -0.3 is 10.4 Å². The molecule has 6 rings (SSSR count). The lowest BCUT2D eigenvalue weighted by atomic mass is 9.52. The van der Waals surface area contributed by atoms with E-state index >= 15 is 0 Å². The first-order chi connectivity index (χ1) is 13.8. The molecule has 4 nitrogen and oxygen atoms in total. The van der Waals surface area contributed by atoms with Gasteiger partial charge in [-0.2, -0.15) is 0 Å². The van der Waals surface area contributed by atoms with Crippen LogP contribution in [-0.2, 0) is 0 Å². The second-order valence-electron chi connectivity index (χ2n) is 9.13. The van der Waals surface area contributed by atoms with Crippen molar-refractivity contribution in [3.8, 4) is 0 Å². The molecule has 2 N–H and O–H groups in total. The Hall–Kier alpha value is -2.05. The number of aryl methyl sites for hydroxylation is 1. The zero-order chi connectivity index (χ0) is 20.3. The minimum atomic E-state index is -0.555. The number of carbonyl (C=O) groups is 2. The molecule has 2 aromatic rings. The van der Waals surface area contributed by atoms with Gasteiger partial charge >= 0.3 is 0 Å². The average Bonchev–Trinajstić information content (AvgIpc) is 3.05. The monoisotopic (exact) mass is 413 g/mol. The predicted molar refractivity (Wildman–Crippen MR) is 109 cm³/mol. The first-order valence-corrected chi connectivity index (χ1v) is 11.1. The molecule has 4 aliphatic carbocycles. The summed E-state index contributed by atoms with van der Waals surface area (Å²) in [5.74, 6) is 0.127. The van der Waals surface area contributed by atoms with Crippen LogP contribution in [0.3, 0.4) is 0 Å². The number of amides is 1. The number of thiophene rings is 1. The summed E-state index contributed by atoms with van der Waals surface area (Å²) in [5.41, 5.74) is 0.222. The van der Waals surface area contributed by atoms with E-state index in [9.17, 15) is 19.1 Å². The van der Waals surface area contributed by atoms with Gasteiger partial charge in [-0.1, -0.05) is 12.1 Å². The Balaban J connectivity index is 1.35. The van der Waals surface area contributed by atoms with Gasteiger partial charge in [-0.3, -0.25) is 9.59 Å². The van der Waals surface area contributed by atoms with Gasteiger partial charge in [0.15, 0.2) is 0 Å². The number of halogens is 1. The van der Waals surface area contributed by atoms with Crippen LogP contribution in [0, 0.1) is 30.5 Å². The second kappa shape index (κ2) is 6.74. The van der Waals surface area contributed by atoms with Gasteiger partial charge in [0, 0.05) is 6.04 Å². The van der Waals surface area contributed by atoms with Crippen LogP contribution in [0.15, 0.2) is 30.3 Å². The highest BCUT2D eigenvalue weighted by molar-refractivity contribution is 7.16. The minimum absolute atomic E-state index is 0.0231. The Labute approximate surface area is 173 Å². The van der Waals surface area contributed by atoms with Crippen LogP contribution < -0.4 is 5.32 Å². The van der Waals surface area contributed by atoms with E-state index in [1.165, 1.54) is 12.1 Å². The van der Waals surface area contributed by atoms with Crippen molar-refractivity contribution >= 4 is 23.0 Å². The van der Waals surface area contributed by atoms with Crippen LogP contribution >= 0.6 is 11.3 Å². The number of rotatable bonds is 4. The molecule has 4 saturated carbocycles. The number of ketones is 1. The van der Waals surface area contributed by atoms with Gasteiger partial charge in [0.05, 0.1) is 20.9 Å². The molecule has 29 heavy (non-hydrogen) atoms. The highest BCUT2D eigenvalue weighted by Gasteiger charge is 2.55. The molecule has 0 saturated heterocycles. The second-order valence-corrected chi connectivity index (χ2v) is 10.2. The lowest BCUT2D eigenvalue weighted by Crippen LogP contribution is -2.61. The van der Waals surface area contributed by atoms with Crippen molar-refractivity contribution in [1.29, 1.82) is 0 Å². The number of hydrogen-bond donors (Lipinski definition) is 2. The summed E-state index contributed by atoms with van der Waals surface area (Å²) >= 11 is 1.13. The third-order valence-electron chi connectivity index (χ3n) is 7.00. The topological polar surface area (TPSA) is 66.4 Å². The number of hydrogen-bond acceptors (Lipinski definition) is 4. The Morgan fingerprint density at radius 2 is 1.86 bits per heavy atom. The number of carbonyl (C=O) groups excluding carboxylic acids is 2. The maximum atomic E-state index is 14.0. The van der Waals surface area contributed by atoms with Crippen molar-refractivity contribution < 1.29 is 19.1 Å². The Kier molecular flexibility index (Phi) is 4.40. The standard InChI is InChI=1S/C23H24FNO3S/c1-12-6-18(20(26)16-4-2-3-5-17(16)24)29-21(12)22(27)25-19-14-7-13-8-15(19)11-23(28,9-13)10-14/h2-6,13-15,19,28H,7-11H2,1H3,(H,25,27)/t13?,14?,15?,19-,23-. The van der Waals surface area contributed by atoms with Crippen LogP contribution in [0.5, 0.6) is 0 Å². The minimum Gasteiger partial charge on any atom is -0.390 e. The zero-order valence-electron chi connectivity index (χ0n) is 16.3. The van der Waals surface area contributed by atoms with Gasteiger partial charge in [0.2, 0.25) is 5.78 Å². The third-order valence-corrected chi connectivity index (χ3v) is 8.24. The largest absolute Gasteiger partial charge is 0.390 e. The summed E-state index contributed by atoms with van der Waals surface area (Å²) in [7, 11) is 0. The molecular weight excluding hydrogens is 389 g/mol. The molecule has 4 bridgehead atoms. The first-order valence-electron chi connectivity index (χ1n) is 10.3. The molecule has 4 fully saturated rings. The van der Waals surface area contributed by atoms with Crippen LogP contribution in [0.2, 0.25) is 0 Å². The summed E-state index contributed by atoms with van der Waals surface area (Å²) in [6, 6.07) is 7.67. The molecular formula is C23H24FNO3S. The quantitative estimate of drug-likeness (QED) is 0.742. The van der Waals surface area contributed by atoms with Gasteiger partial charge in [0.1, 0.15) is 5.82 Å². The van der Waals surface area contributed by atoms with Crippen LogP contribution in [-0.4, -0.2) is 28.4 Å². The lowest BCUT2D eigenvalue weighted by Gasteiger charge is -2.58. The summed E-state index contributed by atoms with van der Waals surface area (Å²) < 4.78 is 14.0. The van der Waals surface area contributed by atoms with E-state index in [0.717, 1.165) is 49.0 Å². The van der Waals surface area contributed by atoms with Gasteiger partial charge in [-0.15, -0.1) is 11.3 Å². The van der Waals surface area contributed by atoms with Crippen molar-refractivity contribution in [3.63, 3.8) is 0 Å². The van der Waals surface area contributed by atoms with Crippen molar-refractivity contribution in [2.75, 3.05) is 0 Å². The number of nitrogens with one attached hydrogen (secondary N) is 1. The summed E-state index contributed by atoms with van der Waals surface area (Å²) in [5, 5.41) is 13.9. The molecule has 1 amide bonds. The molecule has 2 unspecified atom stereocenters. The van der Waals surface area contributed by atoms with E-state index in [-0.39, 0.29) is 17.5 Å². The lowest BCUT2D eigenvalue weighted by molar-refractivity contribution is -0.136. The average molecular weight is 414 g/mol. The van der Waals surface area contributed by atoms with Gasteiger partial charge in [-0.25, -0.2) is 4.39 Å². The third kappa shape index (κ3) is 3.22. The summed E-state index contributed by atoms with van der Waals surface area (Å²) in [6.45, 7) is 1.81. The fourth-order valence-corrected chi connectivity index (χ4v) is 7.06. The fourth-order valence-electron chi connectivity index (χ4n) is 6.03. The van der Waals surface area contributed by atoms with E-state index < -0.39 is 17.2 Å². The van der Waals surface area contributed by atoms with Crippen LogP contribution in [0.25, 0.3) is 0 Å². The van der Waals surface area contributed by atoms with E-state index in [0.29, 0.717) is 27.5 Å². The molecule has 1 heterocycles. The molecule has 1 aromatic heterocycles. The maximum Gasteiger partial charge on any atom is 0.261 e. The Bertz CT molecular complexity index is 984. The van der Waals surface area contributed by atoms with Gasteiger partial charge in [-0.05, 0) is 80.5 Å². The molecule has 2 atom stereocenters. The molecule has 1 aromatic carbocycles. The normalized spacial score (nSPS) is 32.4. The predicted octanol–water partition coefficient (Wildman–Crippen LogP) is 4.10. The fraction of sp³-hybridized carbons (Fsp3) is 0.478. The molecule has 6 heteroatoms. The molecule has 0 aliphatic heterocycles. The van der Waals surface area contributed by atoms with Crippen LogP contribution in [0.1, 0.15) is 62.6 Å². The molecule has 4 aliphatic rings. The number of aliphatic hydroxyl groups is 1. The smallest absolute Gasteiger partial charge is 0.261 e.